The topological polar surface area (TPSA) is 55.1 Å². The van der Waals surface area contributed by atoms with Crippen LogP contribution >= 0.6 is 11.6 Å². The maximum absolute atomic E-state index is 11.7. The zero-order valence-corrected chi connectivity index (χ0v) is 10.3. The van der Waals surface area contributed by atoms with Gasteiger partial charge in [0.2, 0.25) is 0 Å². The second-order valence-corrected chi connectivity index (χ2v) is 4.09. The average molecular weight is 251 g/mol. The Morgan fingerprint density at radius 3 is 2.88 bits per heavy atom. The third-order valence-corrected chi connectivity index (χ3v) is 2.53. The van der Waals surface area contributed by atoms with Crippen LogP contribution in [0, 0.1) is 12.3 Å². The van der Waals surface area contributed by atoms with Gasteiger partial charge >= 0.3 is 0 Å². The first kappa shape index (κ1) is 13.4. The molecule has 90 valence electrons. The summed E-state index contributed by atoms with van der Waals surface area (Å²) in [5.74, 6) is 2.37. The Morgan fingerprint density at radius 1 is 1.47 bits per heavy atom. The van der Waals surface area contributed by atoms with Crippen molar-refractivity contribution in [3.8, 4) is 12.3 Å². The molecule has 1 rings (SSSR count). The van der Waals surface area contributed by atoms with Crippen LogP contribution in [0.25, 0.3) is 0 Å². The van der Waals surface area contributed by atoms with E-state index >= 15 is 0 Å². The van der Waals surface area contributed by atoms with E-state index in [1.807, 2.05) is 0 Å². The lowest BCUT2D eigenvalue weighted by molar-refractivity contribution is 0.0954. The predicted molar refractivity (Wildman–Crippen MR) is 70.9 cm³/mol. The number of nitrogen functional groups attached to an aromatic ring is 1. The highest BCUT2D eigenvalue weighted by atomic mass is 35.5. The summed E-state index contributed by atoms with van der Waals surface area (Å²) in [4.78, 5) is 11.7. The first-order valence-electron chi connectivity index (χ1n) is 5.42. The number of benzene rings is 1. The van der Waals surface area contributed by atoms with Crippen molar-refractivity contribution < 1.29 is 4.79 Å². The molecule has 0 bridgehead atoms. The number of hydrogen-bond donors (Lipinski definition) is 2. The maximum Gasteiger partial charge on any atom is 0.253 e. The Morgan fingerprint density at radius 2 is 2.24 bits per heavy atom. The second kappa shape index (κ2) is 6.82. The molecule has 0 saturated heterocycles. The third kappa shape index (κ3) is 4.38. The number of unbranched alkanes of at least 4 members (excludes halogenated alkanes) is 2. The number of nitrogens with two attached hydrogens (primary N) is 1. The minimum absolute atomic E-state index is 0.181. The Hall–Kier alpha value is -1.66. The van der Waals surface area contributed by atoms with Gasteiger partial charge in [-0.05, 0) is 31.0 Å². The molecule has 0 radical (unpaired) electrons. The lowest BCUT2D eigenvalue weighted by Gasteiger charge is -2.07. The molecule has 3 N–H and O–H groups in total. The molecule has 0 unspecified atom stereocenters. The third-order valence-electron chi connectivity index (χ3n) is 2.29. The molecule has 0 heterocycles. The van der Waals surface area contributed by atoms with E-state index < -0.39 is 0 Å². The summed E-state index contributed by atoms with van der Waals surface area (Å²) in [7, 11) is 0. The van der Waals surface area contributed by atoms with Gasteiger partial charge in [-0.2, -0.15) is 0 Å². The van der Waals surface area contributed by atoms with E-state index in [4.69, 9.17) is 23.8 Å². The zero-order valence-electron chi connectivity index (χ0n) is 9.50. The summed E-state index contributed by atoms with van der Waals surface area (Å²) in [6.45, 7) is 0.600. The summed E-state index contributed by atoms with van der Waals surface area (Å²) in [6, 6.07) is 4.83. The van der Waals surface area contributed by atoms with Crippen LogP contribution in [0.5, 0.6) is 0 Å². The fraction of sp³-hybridized carbons (Fsp3) is 0.308. The van der Waals surface area contributed by atoms with Crippen LogP contribution in [0.4, 0.5) is 5.69 Å². The Kier molecular flexibility index (Phi) is 5.38. The molecule has 3 nitrogen and oxygen atoms in total. The van der Waals surface area contributed by atoms with E-state index in [2.05, 4.69) is 11.2 Å². The van der Waals surface area contributed by atoms with Gasteiger partial charge in [-0.25, -0.2) is 0 Å². The maximum atomic E-state index is 11.7. The van der Waals surface area contributed by atoms with E-state index in [0.717, 1.165) is 19.3 Å². The number of terminal acetylenes is 1. The van der Waals surface area contributed by atoms with Crippen molar-refractivity contribution in [3.05, 3.63) is 28.8 Å². The van der Waals surface area contributed by atoms with E-state index in [9.17, 15) is 4.79 Å². The minimum Gasteiger partial charge on any atom is -0.398 e. The normalized spacial score (nSPS) is 9.65. The number of halogens is 1. The Bertz CT molecular complexity index is 438. The molecule has 1 aromatic rings. The number of carbonyl (C=O) groups is 1. The molecule has 0 aromatic heterocycles. The van der Waals surface area contributed by atoms with Crippen molar-refractivity contribution >= 4 is 23.2 Å². The lowest BCUT2D eigenvalue weighted by Crippen LogP contribution is -2.25. The highest BCUT2D eigenvalue weighted by molar-refractivity contribution is 6.31. The van der Waals surface area contributed by atoms with Crippen LogP contribution in [0.2, 0.25) is 5.02 Å². The van der Waals surface area contributed by atoms with Crippen LogP contribution in [0.1, 0.15) is 29.6 Å². The molecule has 0 fully saturated rings. The van der Waals surface area contributed by atoms with Crippen molar-refractivity contribution in [1.29, 1.82) is 0 Å². The number of hydrogen-bond acceptors (Lipinski definition) is 2. The molecule has 4 heteroatoms. The van der Waals surface area contributed by atoms with Gasteiger partial charge in [0.15, 0.2) is 0 Å². The molecule has 1 amide bonds. The molecular formula is C13H15ClN2O. The molecule has 0 saturated carbocycles. The van der Waals surface area contributed by atoms with E-state index in [1.54, 1.807) is 18.2 Å². The number of anilines is 1. The quantitative estimate of drug-likeness (QED) is 0.479. The highest BCUT2D eigenvalue weighted by Gasteiger charge is 2.08. The molecule has 0 aliphatic carbocycles. The second-order valence-electron chi connectivity index (χ2n) is 3.65. The molecule has 0 aliphatic rings. The first-order chi connectivity index (χ1) is 8.15. The van der Waals surface area contributed by atoms with Crippen molar-refractivity contribution in [2.75, 3.05) is 12.3 Å². The number of rotatable bonds is 5. The Balaban J connectivity index is 2.45. The molecule has 0 spiro atoms. The number of amides is 1. The molecule has 1 aromatic carbocycles. The van der Waals surface area contributed by atoms with Gasteiger partial charge in [-0.1, -0.05) is 11.6 Å². The lowest BCUT2D eigenvalue weighted by atomic mass is 10.1. The van der Waals surface area contributed by atoms with E-state index in [1.165, 1.54) is 0 Å². The molecular weight excluding hydrogens is 236 g/mol. The fourth-order valence-corrected chi connectivity index (χ4v) is 1.57. The van der Waals surface area contributed by atoms with Crippen LogP contribution in [-0.4, -0.2) is 12.5 Å². The van der Waals surface area contributed by atoms with Gasteiger partial charge in [-0.3, -0.25) is 4.79 Å². The molecule has 0 atom stereocenters. The van der Waals surface area contributed by atoms with E-state index in [0.29, 0.717) is 22.8 Å². The minimum atomic E-state index is -0.181. The van der Waals surface area contributed by atoms with Crippen LogP contribution < -0.4 is 11.1 Å². The van der Waals surface area contributed by atoms with Crippen LogP contribution in [0.3, 0.4) is 0 Å². The van der Waals surface area contributed by atoms with Crippen molar-refractivity contribution in [1.82, 2.24) is 5.32 Å². The van der Waals surface area contributed by atoms with Gasteiger partial charge < -0.3 is 11.1 Å². The molecule has 17 heavy (non-hydrogen) atoms. The number of nitrogens with one attached hydrogen (secondary N) is 1. The molecule has 0 aliphatic heterocycles. The average Bonchev–Trinajstić information content (AvgIpc) is 2.28. The Labute approximate surface area is 106 Å². The summed E-state index contributed by atoms with van der Waals surface area (Å²) < 4.78 is 0. The van der Waals surface area contributed by atoms with Crippen LogP contribution in [0.15, 0.2) is 18.2 Å². The van der Waals surface area contributed by atoms with E-state index in [-0.39, 0.29) is 5.91 Å². The number of carbonyl (C=O) groups excluding carboxylic acids is 1. The smallest absolute Gasteiger partial charge is 0.253 e. The van der Waals surface area contributed by atoms with Gasteiger partial charge in [0, 0.05) is 23.7 Å². The van der Waals surface area contributed by atoms with Gasteiger partial charge in [0.1, 0.15) is 0 Å². The SMILES string of the molecule is C#CCCCCNC(=O)c1ccc(Cl)cc1N. The largest absolute Gasteiger partial charge is 0.398 e. The van der Waals surface area contributed by atoms with Crippen molar-refractivity contribution in [2.45, 2.75) is 19.3 Å². The van der Waals surface area contributed by atoms with Crippen molar-refractivity contribution in [3.63, 3.8) is 0 Å². The summed E-state index contributed by atoms with van der Waals surface area (Å²) in [5, 5.41) is 3.31. The summed E-state index contributed by atoms with van der Waals surface area (Å²) >= 11 is 5.75. The van der Waals surface area contributed by atoms with Gasteiger partial charge in [0.25, 0.3) is 5.91 Å². The van der Waals surface area contributed by atoms with Gasteiger partial charge in [0.05, 0.1) is 5.56 Å². The van der Waals surface area contributed by atoms with Crippen LogP contribution in [-0.2, 0) is 0 Å². The van der Waals surface area contributed by atoms with Gasteiger partial charge in [-0.15, -0.1) is 12.3 Å². The fourth-order valence-electron chi connectivity index (χ4n) is 1.39. The van der Waals surface area contributed by atoms with Crippen molar-refractivity contribution in [2.24, 2.45) is 0 Å². The first-order valence-corrected chi connectivity index (χ1v) is 5.79. The summed E-state index contributed by atoms with van der Waals surface area (Å²) in [5.41, 5.74) is 6.54. The predicted octanol–water partition coefficient (Wildman–Crippen LogP) is 2.46. The standard InChI is InChI=1S/C13H15ClN2O/c1-2-3-4-5-8-16-13(17)11-7-6-10(14)9-12(11)15/h1,6-7,9H,3-5,8,15H2,(H,16,17). The monoisotopic (exact) mass is 250 g/mol. The zero-order chi connectivity index (χ0) is 12.7. The summed E-state index contributed by atoms with van der Waals surface area (Å²) in [6.07, 6.45) is 7.64. The highest BCUT2D eigenvalue weighted by Crippen LogP contribution is 2.17.